The molecule has 0 radical (unpaired) electrons. The molecular weight excluding hydrogens is 462 g/mol. The summed E-state index contributed by atoms with van der Waals surface area (Å²) in [6.45, 7) is 2.28. The van der Waals surface area contributed by atoms with Gasteiger partial charge in [0, 0.05) is 30.1 Å². The highest BCUT2D eigenvalue weighted by atomic mass is 32.2. The van der Waals surface area contributed by atoms with Crippen LogP contribution in [0.15, 0.2) is 52.5 Å². The molecule has 2 aromatic carbocycles. The summed E-state index contributed by atoms with van der Waals surface area (Å²) in [7, 11) is -4.20. The van der Waals surface area contributed by atoms with Crippen molar-refractivity contribution in [2.24, 2.45) is 11.0 Å². The summed E-state index contributed by atoms with van der Waals surface area (Å²) in [6.07, 6.45) is -3.24. The number of hydrogen-bond acceptors (Lipinski definition) is 4. The number of halogens is 4. The lowest BCUT2D eigenvalue weighted by Crippen LogP contribution is -2.40. The molecule has 1 saturated heterocycles. The van der Waals surface area contributed by atoms with Crippen LogP contribution in [0.5, 0.6) is 0 Å². The lowest BCUT2D eigenvalue weighted by Gasteiger charge is -2.31. The normalized spacial score (nSPS) is 15.9. The van der Waals surface area contributed by atoms with Crippen molar-refractivity contribution < 1.29 is 26.0 Å². The molecule has 33 heavy (non-hydrogen) atoms. The summed E-state index contributed by atoms with van der Waals surface area (Å²) >= 11 is 0. The second-order valence-electron chi connectivity index (χ2n) is 7.78. The van der Waals surface area contributed by atoms with Gasteiger partial charge in [0.2, 0.25) is 10.0 Å². The molecule has 0 amide bonds. The van der Waals surface area contributed by atoms with Crippen LogP contribution >= 0.6 is 0 Å². The molecule has 0 bridgehead atoms. The number of hydrogen-bond donors (Lipinski definition) is 1. The van der Waals surface area contributed by atoms with Crippen molar-refractivity contribution in [1.82, 2.24) is 9.62 Å². The Morgan fingerprint density at radius 2 is 1.82 bits per heavy atom. The molecule has 0 unspecified atom stereocenters. The van der Waals surface area contributed by atoms with Gasteiger partial charge in [-0.15, -0.1) is 0 Å². The van der Waals surface area contributed by atoms with E-state index in [1.807, 2.05) is 4.90 Å². The Labute approximate surface area is 189 Å². The largest absolute Gasteiger partial charge is 0.417 e. The van der Waals surface area contributed by atoms with Gasteiger partial charge in [0.1, 0.15) is 5.82 Å². The molecule has 0 saturated carbocycles. The minimum absolute atomic E-state index is 0.0275. The Morgan fingerprint density at radius 3 is 2.45 bits per heavy atom. The van der Waals surface area contributed by atoms with E-state index in [0.29, 0.717) is 38.2 Å². The summed E-state index contributed by atoms with van der Waals surface area (Å²) in [5.74, 6) is -0.539. The predicted octanol–water partition coefficient (Wildman–Crippen LogP) is 4.81. The van der Waals surface area contributed by atoms with Gasteiger partial charge < -0.3 is 4.90 Å². The summed E-state index contributed by atoms with van der Waals surface area (Å²) < 4.78 is 82.7. The number of rotatable bonds is 8. The van der Waals surface area contributed by atoms with E-state index in [-0.39, 0.29) is 12.1 Å². The zero-order valence-corrected chi connectivity index (χ0v) is 18.4. The first-order valence-electron chi connectivity index (χ1n) is 10.3. The zero-order chi connectivity index (χ0) is 24.1. The smallest absolute Gasteiger partial charge is 0.302 e. The lowest BCUT2D eigenvalue weighted by atomic mass is 9.97. The first-order chi connectivity index (χ1) is 15.6. The molecule has 1 aliphatic heterocycles. The third-order valence-electron chi connectivity index (χ3n) is 5.60. The Hall–Kier alpha value is -2.66. The second kappa shape index (κ2) is 10.5. The fraction of sp³-hybridized carbons (Fsp3) is 0.429. The van der Waals surface area contributed by atoms with Crippen molar-refractivity contribution in [3.8, 4) is 11.1 Å². The van der Waals surface area contributed by atoms with Gasteiger partial charge in [0.05, 0.1) is 10.5 Å². The highest BCUT2D eigenvalue weighted by molar-refractivity contribution is 7.89. The molecule has 1 fully saturated rings. The topological polar surface area (TPSA) is 98.2 Å². The van der Waals surface area contributed by atoms with Gasteiger partial charge in [0.15, 0.2) is 0 Å². The highest BCUT2D eigenvalue weighted by Crippen LogP contribution is 2.39. The molecule has 0 spiro atoms. The van der Waals surface area contributed by atoms with Gasteiger partial charge >= 0.3 is 6.18 Å². The van der Waals surface area contributed by atoms with E-state index >= 15 is 0 Å². The average Bonchev–Trinajstić information content (AvgIpc) is 2.78. The van der Waals surface area contributed by atoms with Crippen LogP contribution in [0.2, 0.25) is 0 Å². The van der Waals surface area contributed by atoms with Gasteiger partial charge in [-0.3, -0.25) is 0 Å². The van der Waals surface area contributed by atoms with Crippen LogP contribution in [0.1, 0.15) is 18.4 Å². The van der Waals surface area contributed by atoms with Crippen molar-refractivity contribution in [1.29, 1.82) is 0 Å². The van der Waals surface area contributed by atoms with Crippen LogP contribution in [0, 0.1) is 11.7 Å². The summed E-state index contributed by atoms with van der Waals surface area (Å²) in [5.41, 5.74) is 6.48. The lowest BCUT2D eigenvalue weighted by molar-refractivity contribution is -0.137. The number of likely N-dealkylation sites (tertiary alicyclic amines) is 1. The third-order valence-corrected chi connectivity index (χ3v) is 7.06. The monoisotopic (exact) mass is 485 g/mol. The Balaban J connectivity index is 1.69. The number of benzene rings is 2. The van der Waals surface area contributed by atoms with Crippen LogP contribution in [0.4, 0.5) is 17.6 Å². The Kier molecular flexibility index (Phi) is 7.96. The molecule has 1 aliphatic rings. The second-order valence-corrected chi connectivity index (χ2v) is 9.55. The summed E-state index contributed by atoms with van der Waals surface area (Å²) in [5, 5.41) is 3.57. The molecule has 12 heteroatoms. The van der Waals surface area contributed by atoms with Crippen LogP contribution in [0.25, 0.3) is 21.6 Å². The van der Waals surface area contributed by atoms with E-state index in [1.165, 1.54) is 18.2 Å². The fourth-order valence-electron chi connectivity index (χ4n) is 3.81. The number of nitrogens with zero attached hydrogens (tertiary/aromatic N) is 4. The van der Waals surface area contributed by atoms with E-state index in [9.17, 15) is 26.0 Å². The standard InChI is InChI=1S/C21H23F4N5O2S/c22-20-4-2-1-3-18(20)17-6-5-16(13-19(17)21(23,24)25)33(31,32)28-9-12-30-10-7-15(8-11-30)14-27-29-26/h1-6,13,15,28H,7-12,14H2. The van der Waals surface area contributed by atoms with Crippen molar-refractivity contribution in [3.05, 3.63) is 64.3 Å². The average molecular weight is 486 g/mol. The zero-order valence-electron chi connectivity index (χ0n) is 17.6. The summed E-state index contributed by atoms with van der Waals surface area (Å²) in [6, 6.07) is 7.57. The van der Waals surface area contributed by atoms with Gasteiger partial charge in [0.25, 0.3) is 0 Å². The first-order valence-corrected chi connectivity index (χ1v) is 11.8. The van der Waals surface area contributed by atoms with E-state index in [0.717, 1.165) is 31.0 Å². The fourth-order valence-corrected chi connectivity index (χ4v) is 4.85. The predicted molar refractivity (Wildman–Crippen MR) is 115 cm³/mol. The van der Waals surface area contributed by atoms with E-state index < -0.39 is 38.0 Å². The molecule has 0 aromatic heterocycles. The molecular formula is C21H23F4N5O2S. The minimum Gasteiger partial charge on any atom is -0.302 e. The maximum absolute atomic E-state index is 14.1. The Morgan fingerprint density at radius 1 is 1.12 bits per heavy atom. The SMILES string of the molecule is [N-]=[N+]=NCC1CCN(CCNS(=O)(=O)c2ccc(-c3ccccc3F)c(C(F)(F)F)c2)CC1. The van der Waals surface area contributed by atoms with E-state index in [1.54, 1.807) is 0 Å². The molecule has 1 N–H and O–H groups in total. The van der Waals surface area contributed by atoms with Gasteiger partial charge in [-0.2, -0.15) is 13.2 Å². The van der Waals surface area contributed by atoms with Crippen molar-refractivity contribution >= 4 is 10.0 Å². The van der Waals surface area contributed by atoms with Gasteiger partial charge in [-0.1, -0.05) is 29.4 Å². The number of azide groups is 1. The minimum atomic E-state index is -4.87. The van der Waals surface area contributed by atoms with Gasteiger partial charge in [-0.25, -0.2) is 17.5 Å². The van der Waals surface area contributed by atoms with Gasteiger partial charge in [-0.05, 0) is 61.1 Å². The van der Waals surface area contributed by atoms with Crippen LogP contribution in [0.3, 0.4) is 0 Å². The molecule has 0 atom stereocenters. The Bertz CT molecular complexity index is 1130. The summed E-state index contributed by atoms with van der Waals surface area (Å²) in [4.78, 5) is 4.25. The van der Waals surface area contributed by atoms with Crippen molar-refractivity contribution in [2.75, 3.05) is 32.7 Å². The number of sulfonamides is 1. The molecule has 3 rings (SSSR count). The van der Waals surface area contributed by atoms with E-state index in [2.05, 4.69) is 14.7 Å². The number of piperidine rings is 1. The molecule has 178 valence electrons. The quantitative estimate of drug-likeness (QED) is 0.251. The molecule has 1 heterocycles. The van der Waals surface area contributed by atoms with Crippen molar-refractivity contribution in [2.45, 2.75) is 23.9 Å². The molecule has 2 aromatic rings. The molecule has 0 aliphatic carbocycles. The maximum atomic E-state index is 14.1. The highest BCUT2D eigenvalue weighted by Gasteiger charge is 2.35. The van der Waals surface area contributed by atoms with Crippen LogP contribution < -0.4 is 4.72 Å². The third kappa shape index (κ3) is 6.44. The van der Waals surface area contributed by atoms with Crippen LogP contribution in [-0.2, 0) is 16.2 Å². The maximum Gasteiger partial charge on any atom is 0.417 e. The van der Waals surface area contributed by atoms with Crippen LogP contribution in [-0.4, -0.2) is 46.0 Å². The number of nitrogens with one attached hydrogen (secondary N) is 1. The number of alkyl halides is 3. The van der Waals surface area contributed by atoms with E-state index in [4.69, 9.17) is 5.53 Å². The van der Waals surface area contributed by atoms with Crippen molar-refractivity contribution in [3.63, 3.8) is 0 Å². The molecule has 7 nitrogen and oxygen atoms in total. The first kappa shape index (κ1) is 25.0.